The first-order valence-corrected chi connectivity index (χ1v) is 14.7. The van der Waals surface area contributed by atoms with E-state index in [1.165, 1.54) is 22.7 Å². The number of H-pyrrole nitrogens is 1. The third-order valence-corrected chi connectivity index (χ3v) is 8.61. The van der Waals surface area contributed by atoms with E-state index >= 15 is 0 Å². The topological polar surface area (TPSA) is 139 Å². The van der Waals surface area contributed by atoms with E-state index in [1.807, 2.05) is 24.5 Å². The number of carbonyl (C=O) groups excluding carboxylic acids is 2. The standard InChI is InChI=1S/C28H26N8O2S2/c37-20(11-19-15-31-23-16-30-10-8-22(19)23)13-27-35-33-25(39-27)3-1-2-4-26-34-36-28(40-26)32-24(38)12-17-5-6-18-14-29-9-7-21(17)18/h5,7-10,14-16,31H,1-4,6,11-13H2,(H,32,36,38). The molecular weight excluding hydrogens is 544 g/mol. The number of aromatic amines is 1. The van der Waals surface area contributed by atoms with Crippen molar-refractivity contribution in [3.8, 4) is 0 Å². The number of amides is 1. The summed E-state index contributed by atoms with van der Waals surface area (Å²) < 4.78 is 0. The second kappa shape index (κ2) is 11.9. The summed E-state index contributed by atoms with van der Waals surface area (Å²) >= 11 is 2.91. The van der Waals surface area contributed by atoms with Crippen LogP contribution in [0, 0.1) is 0 Å². The van der Waals surface area contributed by atoms with Gasteiger partial charge in [0.2, 0.25) is 11.0 Å². The van der Waals surface area contributed by atoms with Crippen LogP contribution in [0.2, 0.25) is 0 Å². The van der Waals surface area contributed by atoms with Crippen LogP contribution in [0.25, 0.3) is 16.5 Å². The van der Waals surface area contributed by atoms with Crippen molar-refractivity contribution in [2.45, 2.75) is 51.4 Å². The van der Waals surface area contributed by atoms with Crippen molar-refractivity contribution in [3.05, 3.63) is 80.9 Å². The first-order chi connectivity index (χ1) is 19.6. The fraction of sp³-hybridized carbons (Fsp3) is 0.286. The lowest BCUT2D eigenvalue weighted by Crippen LogP contribution is -2.11. The van der Waals surface area contributed by atoms with Crippen LogP contribution in [0.15, 0.2) is 49.2 Å². The molecule has 1 amide bonds. The lowest BCUT2D eigenvalue weighted by atomic mass is 10.1. The zero-order valence-electron chi connectivity index (χ0n) is 21.6. The smallest absolute Gasteiger partial charge is 0.230 e. The normalized spacial score (nSPS) is 12.4. The Labute approximate surface area is 238 Å². The summed E-state index contributed by atoms with van der Waals surface area (Å²) in [6.45, 7) is 0. The summed E-state index contributed by atoms with van der Waals surface area (Å²) in [7, 11) is 0. The van der Waals surface area contributed by atoms with Crippen LogP contribution in [-0.2, 0) is 41.7 Å². The van der Waals surface area contributed by atoms with Crippen LogP contribution in [0.3, 0.4) is 0 Å². The van der Waals surface area contributed by atoms with E-state index in [2.05, 4.69) is 46.7 Å². The highest BCUT2D eigenvalue weighted by molar-refractivity contribution is 7.15. The molecule has 0 fully saturated rings. The number of nitrogens with one attached hydrogen (secondary N) is 2. The maximum Gasteiger partial charge on any atom is 0.230 e. The van der Waals surface area contributed by atoms with Gasteiger partial charge in [-0.1, -0.05) is 17.4 Å². The first kappa shape index (κ1) is 26.1. The second-order valence-corrected chi connectivity index (χ2v) is 11.8. The molecule has 5 aromatic heterocycles. The number of aromatic nitrogens is 7. The summed E-state index contributed by atoms with van der Waals surface area (Å²) in [5.41, 5.74) is 5.18. The Balaban J connectivity index is 0.915. The molecule has 2 N–H and O–H groups in total. The molecule has 0 saturated carbocycles. The number of carbonyl (C=O) groups is 2. The van der Waals surface area contributed by atoms with Gasteiger partial charge in [0.05, 0.1) is 24.6 Å². The zero-order valence-corrected chi connectivity index (χ0v) is 23.2. The minimum absolute atomic E-state index is 0.0945. The number of allylic oxidation sites excluding steroid dienone is 1. The molecule has 0 aromatic carbocycles. The van der Waals surface area contributed by atoms with Crippen LogP contribution in [0.1, 0.15) is 51.0 Å². The van der Waals surface area contributed by atoms with Gasteiger partial charge in [-0.15, -0.1) is 31.7 Å². The number of anilines is 1. The van der Waals surface area contributed by atoms with Crippen molar-refractivity contribution in [2.75, 3.05) is 5.32 Å². The van der Waals surface area contributed by atoms with Gasteiger partial charge in [0.15, 0.2) is 0 Å². The lowest BCUT2D eigenvalue weighted by Gasteiger charge is -2.05. The molecule has 5 aromatic rings. The maximum absolute atomic E-state index is 12.6. The molecule has 1 aliphatic carbocycles. The van der Waals surface area contributed by atoms with E-state index in [9.17, 15) is 9.59 Å². The Bertz CT molecular complexity index is 1700. The molecule has 1 aliphatic rings. The molecule has 0 spiro atoms. The Morgan fingerprint density at radius 2 is 1.65 bits per heavy atom. The van der Waals surface area contributed by atoms with Gasteiger partial charge in [0.25, 0.3) is 0 Å². The van der Waals surface area contributed by atoms with E-state index in [1.54, 1.807) is 18.6 Å². The van der Waals surface area contributed by atoms with E-state index in [4.69, 9.17) is 0 Å². The predicted octanol–water partition coefficient (Wildman–Crippen LogP) is 4.55. The van der Waals surface area contributed by atoms with E-state index in [-0.39, 0.29) is 18.1 Å². The number of fused-ring (bicyclic) bond motifs is 2. The largest absolute Gasteiger partial charge is 0.360 e. The zero-order chi connectivity index (χ0) is 27.3. The Kier molecular flexibility index (Phi) is 7.78. The van der Waals surface area contributed by atoms with Crippen LogP contribution in [0.4, 0.5) is 5.13 Å². The van der Waals surface area contributed by atoms with Crippen molar-refractivity contribution >= 4 is 56.0 Å². The molecular formula is C28H26N8O2S2. The van der Waals surface area contributed by atoms with Gasteiger partial charge in [0, 0.05) is 49.4 Å². The van der Waals surface area contributed by atoms with Crippen molar-refractivity contribution in [1.82, 2.24) is 35.3 Å². The van der Waals surface area contributed by atoms with Gasteiger partial charge >= 0.3 is 0 Å². The average molecular weight is 571 g/mol. The van der Waals surface area contributed by atoms with Crippen LogP contribution in [-0.4, -0.2) is 47.0 Å². The van der Waals surface area contributed by atoms with Crippen LogP contribution >= 0.6 is 22.7 Å². The number of rotatable bonds is 12. The fourth-order valence-electron chi connectivity index (χ4n) is 4.79. The molecule has 0 atom stereocenters. The highest BCUT2D eigenvalue weighted by Crippen LogP contribution is 2.29. The van der Waals surface area contributed by atoms with Crippen molar-refractivity contribution < 1.29 is 9.59 Å². The summed E-state index contributed by atoms with van der Waals surface area (Å²) in [4.78, 5) is 36.6. The Hall–Kier alpha value is -4.16. The third-order valence-electron chi connectivity index (χ3n) is 6.73. The quantitative estimate of drug-likeness (QED) is 0.208. The number of Topliss-reactive ketones (excluding diaryl/α,β-unsaturated/α-hetero) is 1. The van der Waals surface area contributed by atoms with E-state index < -0.39 is 0 Å². The van der Waals surface area contributed by atoms with Crippen molar-refractivity contribution in [2.24, 2.45) is 0 Å². The lowest BCUT2D eigenvalue weighted by molar-refractivity contribution is -0.118. The summed E-state index contributed by atoms with van der Waals surface area (Å²) in [6, 6.07) is 3.88. The second-order valence-electron chi connectivity index (χ2n) is 9.62. The number of unbranched alkanes of at least 4 members (excludes halogenated alkanes) is 1. The molecule has 10 nitrogen and oxygen atoms in total. The molecule has 12 heteroatoms. The Morgan fingerprint density at radius 1 is 0.875 bits per heavy atom. The molecule has 5 heterocycles. The Morgan fingerprint density at radius 3 is 2.55 bits per heavy atom. The van der Waals surface area contributed by atoms with Gasteiger partial charge in [-0.05, 0) is 53.7 Å². The summed E-state index contributed by atoms with van der Waals surface area (Å²) in [5.74, 6) is 0.0181. The van der Waals surface area contributed by atoms with E-state index in [0.717, 1.165) is 80.3 Å². The number of aryl methyl sites for hydroxylation is 2. The van der Waals surface area contributed by atoms with Gasteiger partial charge < -0.3 is 10.3 Å². The minimum Gasteiger partial charge on any atom is -0.360 e. The highest BCUT2D eigenvalue weighted by Gasteiger charge is 2.18. The average Bonchev–Trinajstić information content (AvgIpc) is 3.76. The number of ketones is 1. The van der Waals surface area contributed by atoms with Gasteiger partial charge in [0.1, 0.15) is 20.8 Å². The number of nitrogens with zero attached hydrogens (tertiary/aromatic N) is 6. The van der Waals surface area contributed by atoms with Crippen LogP contribution < -0.4 is 5.32 Å². The van der Waals surface area contributed by atoms with Crippen LogP contribution in [0.5, 0.6) is 0 Å². The molecule has 40 heavy (non-hydrogen) atoms. The molecule has 6 rings (SSSR count). The highest BCUT2D eigenvalue weighted by atomic mass is 32.1. The predicted molar refractivity (Wildman–Crippen MR) is 154 cm³/mol. The molecule has 0 aliphatic heterocycles. The monoisotopic (exact) mass is 570 g/mol. The number of hydrogen-bond acceptors (Lipinski definition) is 10. The molecule has 0 saturated heterocycles. The van der Waals surface area contributed by atoms with Gasteiger partial charge in [-0.25, -0.2) is 0 Å². The third kappa shape index (κ3) is 6.18. The van der Waals surface area contributed by atoms with E-state index in [0.29, 0.717) is 18.0 Å². The number of pyridine rings is 2. The van der Waals surface area contributed by atoms with Gasteiger partial charge in [-0.2, -0.15) is 0 Å². The van der Waals surface area contributed by atoms with Crippen molar-refractivity contribution in [3.63, 3.8) is 0 Å². The maximum atomic E-state index is 12.6. The molecule has 202 valence electrons. The van der Waals surface area contributed by atoms with Crippen molar-refractivity contribution in [1.29, 1.82) is 0 Å². The molecule has 0 bridgehead atoms. The van der Waals surface area contributed by atoms with Gasteiger partial charge in [-0.3, -0.25) is 19.6 Å². The molecule has 0 radical (unpaired) electrons. The summed E-state index contributed by atoms with van der Waals surface area (Å²) in [5, 5.41) is 23.9. The summed E-state index contributed by atoms with van der Waals surface area (Å²) in [6.07, 6.45) is 16.2. The first-order valence-electron chi connectivity index (χ1n) is 13.1. The molecule has 0 unspecified atom stereocenters. The minimum atomic E-state index is -0.0945. The number of hydrogen-bond donors (Lipinski definition) is 2. The SMILES string of the molecule is O=C(Cc1nnc(CCCCc2nnc(NC(=O)CC3=CCc4cnccc43)s2)s1)Cc1c[nH]c2cnccc12. The fourth-order valence-corrected chi connectivity index (χ4v) is 6.50.